The minimum atomic E-state index is 0.292. The summed E-state index contributed by atoms with van der Waals surface area (Å²) < 4.78 is 0. The highest BCUT2D eigenvalue weighted by atomic mass is 16.3. The third-order valence-corrected chi connectivity index (χ3v) is 4.92. The van der Waals surface area contributed by atoms with Crippen LogP contribution in [0.25, 0.3) is 0 Å². The number of para-hydroxylation sites is 1. The predicted octanol–water partition coefficient (Wildman–Crippen LogP) is 6.99. The van der Waals surface area contributed by atoms with Gasteiger partial charge in [0.25, 0.3) is 0 Å². The zero-order chi connectivity index (χ0) is 20.1. The third kappa shape index (κ3) is 4.86. The standard InChI is InChI=1S/C25H30N2O/c1-17(2)23-14-19(15-24(18(3)4)25(23)28)16-26-20-10-12-22(13-11-20)27-21-8-6-5-7-9-21/h5-15,17-18,26-28H,16H2,1-4H3. The maximum absolute atomic E-state index is 10.6. The monoisotopic (exact) mass is 374 g/mol. The van der Waals surface area contributed by atoms with Crippen molar-refractivity contribution < 1.29 is 5.11 Å². The summed E-state index contributed by atoms with van der Waals surface area (Å²) in [5.74, 6) is 1.03. The lowest BCUT2D eigenvalue weighted by Gasteiger charge is -2.18. The van der Waals surface area contributed by atoms with Crippen molar-refractivity contribution in [3.63, 3.8) is 0 Å². The molecule has 0 unspecified atom stereocenters. The van der Waals surface area contributed by atoms with E-state index in [0.717, 1.165) is 34.7 Å². The lowest BCUT2D eigenvalue weighted by molar-refractivity contribution is 0.454. The van der Waals surface area contributed by atoms with E-state index < -0.39 is 0 Å². The van der Waals surface area contributed by atoms with Crippen LogP contribution in [0.1, 0.15) is 56.2 Å². The van der Waals surface area contributed by atoms with E-state index in [1.54, 1.807) is 0 Å². The molecule has 0 heterocycles. The molecule has 0 aliphatic carbocycles. The largest absolute Gasteiger partial charge is 0.507 e. The van der Waals surface area contributed by atoms with E-state index in [1.807, 2.05) is 18.2 Å². The smallest absolute Gasteiger partial charge is 0.122 e. The molecule has 0 aliphatic rings. The van der Waals surface area contributed by atoms with Crippen LogP contribution in [0.4, 0.5) is 17.1 Å². The summed E-state index contributed by atoms with van der Waals surface area (Å²) in [5, 5.41) is 17.5. The second kappa shape index (κ2) is 8.83. The highest BCUT2D eigenvalue weighted by Crippen LogP contribution is 2.35. The fraction of sp³-hybridized carbons (Fsp3) is 0.280. The maximum atomic E-state index is 10.6. The van der Waals surface area contributed by atoms with Crippen molar-refractivity contribution >= 4 is 17.1 Å². The van der Waals surface area contributed by atoms with Gasteiger partial charge in [0.15, 0.2) is 0 Å². The van der Waals surface area contributed by atoms with Crippen LogP contribution in [-0.4, -0.2) is 5.11 Å². The van der Waals surface area contributed by atoms with Gasteiger partial charge in [0.1, 0.15) is 5.75 Å². The minimum Gasteiger partial charge on any atom is -0.507 e. The van der Waals surface area contributed by atoms with Gasteiger partial charge in [0.05, 0.1) is 0 Å². The van der Waals surface area contributed by atoms with Crippen molar-refractivity contribution in [1.82, 2.24) is 0 Å². The van der Waals surface area contributed by atoms with Crippen molar-refractivity contribution in [2.24, 2.45) is 0 Å². The van der Waals surface area contributed by atoms with E-state index in [-0.39, 0.29) is 0 Å². The molecule has 0 bridgehead atoms. The topological polar surface area (TPSA) is 44.3 Å². The van der Waals surface area contributed by atoms with E-state index in [9.17, 15) is 5.11 Å². The Morgan fingerprint density at radius 1 is 0.714 bits per heavy atom. The summed E-state index contributed by atoms with van der Waals surface area (Å²) in [6.07, 6.45) is 0. The summed E-state index contributed by atoms with van der Waals surface area (Å²) >= 11 is 0. The summed E-state index contributed by atoms with van der Waals surface area (Å²) in [7, 11) is 0. The Kier molecular flexibility index (Phi) is 6.25. The van der Waals surface area contributed by atoms with Crippen LogP contribution in [0.5, 0.6) is 5.75 Å². The second-order valence-electron chi connectivity index (χ2n) is 7.85. The van der Waals surface area contributed by atoms with E-state index in [2.05, 4.69) is 86.9 Å². The van der Waals surface area contributed by atoms with Gasteiger partial charge in [-0.3, -0.25) is 0 Å². The molecule has 3 N–H and O–H groups in total. The molecule has 3 rings (SSSR count). The second-order valence-corrected chi connectivity index (χ2v) is 7.85. The SMILES string of the molecule is CC(C)c1cc(CNc2ccc(Nc3ccccc3)cc2)cc(C(C)C)c1O. The van der Waals surface area contributed by atoms with E-state index in [0.29, 0.717) is 17.6 Å². The molecule has 3 aromatic carbocycles. The number of anilines is 3. The molecule has 0 fully saturated rings. The van der Waals surface area contributed by atoms with E-state index in [4.69, 9.17) is 0 Å². The molecular formula is C25H30N2O. The van der Waals surface area contributed by atoms with Crippen LogP contribution in [0, 0.1) is 0 Å². The highest BCUT2D eigenvalue weighted by molar-refractivity contribution is 5.62. The van der Waals surface area contributed by atoms with Crippen molar-refractivity contribution in [2.45, 2.75) is 46.1 Å². The number of hydrogen-bond acceptors (Lipinski definition) is 3. The first-order chi connectivity index (χ1) is 13.4. The molecule has 0 amide bonds. The summed E-state index contributed by atoms with van der Waals surface area (Å²) in [6.45, 7) is 9.21. The van der Waals surface area contributed by atoms with Crippen molar-refractivity contribution in [2.75, 3.05) is 10.6 Å². The first-order valence-electron chi connectivity index (χ1n) is 9.95. The molecule has 0 saturated heterocycles. The highest BCUT2D eigenvalue weighted by Gasteiger charge is 2.15. The molecule has 3 nitrogen and oxygen atoms in total. The van der Waals surface area contributed by atoms with Crippen molar-refractivity contribution in [1.29, 1.82) is 0 Å². The van der Waals surface area contributed by atoms with Gasteiger partial charge in [-0.2, -0.15) is 0 Å². The van der Waals surface area contributed by atoms with Gasteiger partial charge in [-0.1, -0.05) is 58.0 Å². The lowest BCUT2D eigenvalue weighted by Crippen LogP contribution is -2.04. The zero-order valence-corrected chi connectivity index (χ0v) is 17.2. The van der Waals surface area contributed by atoms with E-state index in [1.165, 1.54) is 5.56 Å². The van der Waals surface area contributed by atoms with Gasteiger partial charge in [-0.05, 0) is 64.9 Å². The number of rotatable bonds is 7. The summed E-state index contributed by atoms with van der Waals surface area (Å²) in [6, 6.07) is 22.7. The number of phenolic OH excluding ortho intramolecular Hbond substituents is 1. The Hall–Kier alpha value is -2.94. The molecule has 0 aromatic heterocycles. The number of benzene rings is 3. The Bertz CT molecular complexity index is 871. The van der Waals surface area contributed by atoms with Crippen LogP contribution in [-0.2, 0) is 6.54 Å². The van der Waals surface area contributed by atoms with Crippen LogP contribution in [0.3, 0.4) is 0 Å². The van der Waals surface area contributed by atoms with E-state index >= 15 is 0 Å². The molecule has 3 aromatic rings. The first kappa shape index (κ1) is 19.8. The van der Waals surface area contributed by atoms with Crippen LogP contribution in [0.15, 0.2) is 66.7 Å². The molecule has 0 spiro atoms. The molecule has 0 radical (unpaired) electrons. The van der Waals surface area contributed by atoms with Gasteiger partial charge < -0.3 is 15.7 Å². The maximum Gasteiger partial charge on any atom is 0.122 e. The first-order valence-corrected chi connectivity index (χ1v) is 9.95. The van der Waals surface area contributed by atoms with Gasteiger partial charge in [0.2, 0.25) is 0 Å². The Balaban J connectivity index is 1.70. The Morgan fingerprint density at radius 3 is 1.75 bits per heavy atom. The average molecular weight is 375 g/mol. The average Bonchev–Trinajstić information content (AvgIpc) is 2.68. The fourth-order valence-electron chi connectivity index (χ4n) is 3.29. The van der Waals surface area contributed by atoms with Crippen LogP contribution in [0.2, 0.25) is 0 Å². The summed E-state index contributed by atoms with van der Waals surface area (Å²) in [4.78, 5) is 0. The van der Waals surface area contributed by atoms with Crippen molar-refractivity contribution in [3.8, 4) is 5.75 Å². The van der Waals surface area contributed by atoms with Gasteiger partial charge in [-0.25, -0.2) is 0 Å². The summed E-state index contributed by atoms with van der Waals surface area (Å²) in [5.41, 5.74) is 6.44. The third-order valence-electron chi connectivity index (χ3n) is 4.92. The van der Waals surface area contributed by atoms with Crippen molar-refractivity contribution in [3.05, 3.63) is 83.4 Å². The number of aromatic hydroxyl groups is 1. The number of phenols is 1. The number of nitrogens with one attached hydrogen (secondary N) is 2. The van der Waals surface area contributed by atoms with Crippen LogP contribution >= 0.6 is 0 Å². The minimum absolute atomic E-state index is 0.292. The van der Waals surface area contributed by atoms with Crippen LogP contribution < -0.4 is 10.6 Å². The normalized spacial score (nSPS) is 11.1. The quantitative estimate of drug-likeness (QED) is 0.417. The molecule has 3 heteroatoms. The fourth-order valence-corrected chi connectivity index (χ4v) is 3.29. The molecule has 28 heavy (non-hydrogen) atoms. The van der Waals surface area contributed by atoms with Gasteiger partial charge in [0, 0.05) is 23.6 Å². The molecule has 0 saturated carbocycles. The number of hydrogen-bond donors (Lipinski definition) is 3. The van der Waals surface area contributed by atoms with Gasteiger partial charge >= 0.3 is 0 Å². The van der Waals surface area contributed by atoms with Gasteiger partial charge in [-0.15, -0.1) is 0 Å². The molecule has 146 valence electrons. The zero-order valence-electron chi connectivity index (χ0n) is 17.2. The molecule has 0 atom stereocenters. The Labute approximate surface area is 168 Å². The lowest BCUT2D eigenvalue weighted by atomic mass is 9.91. The molecule has 0 aliphatic heterocycles. The molecular weight excluding hydrogens is 344 g/mol. The Morgan fingerprint density at radius 2 is 1.21 bits per heavy atom. The predicted molar refractivity (Wildman–Crippen MR) is 120 cm³/mol.